The average Bonchev–Trinajstić information content (AvgIpc) is 2.88. The van der Waals surface area contributed by atoms with Crippen molar-refractivity contribution in [1.82, 2.24) is 0 Å². The van der Waals surface area contributed by atoms with Crippen molar-refractivity contribution in [3.05, 3.63) is 41.9 Å². The van der Waals surface area contributed by atoms with E-state index in [0.29, 0.717) is 31.1 Å². The molecule has 3 rings (SSSR count). The highest BCUT2D eigenvalue weighted by atomic mass is 16.5. The van der Waals surface area contributed by atoms with Crippen molar-refractivity contribution in [3.63, 3.8) is 0 Å². The van der Waals surface area contributed by atoms with Crippen molar-refractivity contribution in [1.29, 1.82) is 0 Å². The zero-order chi connectivity index (χ0) is 14.1. The highest BCUT2D eigenvalue weighted by molar-refractivity contribution is 5.84. The predicted octanol–water partition coefficient (Wildman–Crippen LogP) is 1.96. The van der Waals surface area contributed by atoms with Crippen LogP contribution in [0.3, 0.4) is 0 Å². The topological polar surface area (TPSA) is 88.9 Å². The first-order valence-corrected chi connectivity index (χ1v) is 6.23. The molecule has 0 amide bonds. The molecule has 0 spiro atoms. The molecule has 6 heteroatoms. The van der Waals surface area contributed by atoms with Crippen LogP contribution in [-0.4, -0.2) is 24.2 Å². The molecule has 2 aromatic rings. The van der Waals surface area contributed by atoms with Crippen molar-refractivity contribution in [2.75, 3.05) is 23.8 Å². The number of hydrogen-bond acceptors (Lipinski definition) is 5. The number of furan rings is 1. The largest absolute Gasteiger partial charge is 0.489 e. The van der Waals surface area contributed by atoms with Gasteiger partial charge in [-0.3, -0.25) is 0 Å². The van der Waals surface area contributed by atoms with Crippen LogP contribution in [-0.2, 0) is 6.54 Å². The zero-order valence-corrected chi connectivity index (χ0v) is 10.7. The van der Waals surface area contributed by atoms with Crippen LogP contribution in [0.25, 0.3) is 0 Å². The van der Waals surface area contributed by atoms with Gasteiger partial charge in [-0.2, -0.15) is 0 Å². The number of benzene rings is 1. The maximum atomic E-state index is 10.8. The molecular weight excluding hydrogens is 260 g/mol. The standard InChI is InChI=1S/C14H14N2O4/c15-10-2-1-3-11-13(10)16(6-7-19-11)8-9-4-5-12(20-9)14(17)18/h1-5H,6-8,15H2,(H,17,18). The molecule has 20 heavy (non-hydrogen) atoms. The molecule has 0 aliphatic carbocycles. The van der Waals surface area contributed by atoms with Gasteiger partial charge in [0.1, 0.15) is 23.8 Å². The molecule has 0 saturated heterocycles. The number of nitrogen functional groups attached to an aromatic ring is 1. The third kappa shape index (κ3) is 2.16. The van der Waals surface area contributed by atoms with Gasteiger partial charge in [-0.25, -0.2) is 4.79 Å². The second-order valence-corrected chi connectivity index (χ2v) is 4.54. The van der Waals surface area contributed by atoms with Gasteiger partial charge in [0.15, 0.2) is 0 Å². The quantitative estimate of drug-likeness (QED) is 0.832. The zero-order valence-electron chi connectivity index (χ0n) is 10.7. The number of fused-ring (bicyclic) bond motifs is 1. The van der Waals surface area contributed by atoms with E-state index < -0.39 is 5.97 Å². The Labute approximate surface area is 115 Å². The van der Waals surface area contributed by atoms with Gasteiger partial charge in [0.2, 0.25) is 5.76 Å². The summed E-state index contributed by atoms with van der Waals surface area (Å²) in [5.41, 5.74) is 7.45. The third-order valence-corrected chi connectivity index (χ3v) is 3.18. The number of nitrogens with zero attached hydrogens (tertiary/aromatic N) is 1. The summed E-state index contributed by atoms with van der Waals surface area (Å²) in [6.07, 6.45) is 0. The molecule has 1 aromatic carbocycles. The molecule has 0 radical (unpaired) electrons. The Balaban J connectivity index is 1.87. The number of rotatable bonds is 3. The first kappa shape index (κ1) is 12.4. The molecule has 1 aliphatic rings. The van der Waals surface area contributed by atoms with Crippen molar-refractivity contribution in [2.45, 2.75) is 6.54 Å². The van der Waals surface area contributed by atoms with Crippen molar-refractivity contribution in [3.8, 4) is 5.75 Å². The Morgan fingerprint density at radius 3 is 2.95 bits per heavy atom. The Morgan fingerprint density at radius 1 is 1.35 bits per heavy atom. The van der Waals surface area contributed by atoms with Crippen molar-refractivity contribution >= 4 is 17.3 Å². The van der Waals surface area contributed by atoms with E-state index in [1.165, 1.54) is 6.07 Å². The first-order chi connectivity index (χ1) is 9.65. The van der Waals surface area contributed by atoms with Gasteiger partial charge in [-0.15, -0.1) is 0 Å². The lowest BCUT2D eigenvalue weighted by Crippen LogP contribution is -2.32. The van der Waals surface area contributed by atoms with Gasteiger partial charge in [0, 0.05) is 0 Å². The summed E-state index contributed by atoms with van der Waals surface area (Å²) in [7, 11) is 0. The highest BCUT2D eigenvalue weighted by Gasteiger charge is 2.22. The summed E-state index contributed by atoms with van der Waals surface area (Å²) < 4.78 is 10.8. The van der Waals surface area contributed by atoms with Crippen molar-refractivity contribution < 1.29 is 19.1 Å². The van der Waals surface area contributed by atoms with E-state index >= 15 is 0 Å². The molecule has 0 bridgehead atoms. The van der Waals surface area contributed by atoms with Crippen LogP contribution in [0.2, 0.25) is 0 Å². The summed E-state index contributed by atoms with van der Waals surface area (Å²) >= 11 is 0. The van der Waals surface area contributed by atoms with Crippen LogP contribution in [0, 0.1) is 0 Å². The molecule has 0 unspecified atom stereocenters. The lowest BCUT2D eigenvalue weighted by Gasteiger charge is -2.31. The number of para-hydroxylation sites is 1. The molecule has 0 fully saturated rings. The van der Waals surface area contributed by atoms with Gasteiger partial charge >= 0.3 is 5.97 Å². The minimum atomic E-state index is -1.07. The van der Waals surface area contributed by atoms with Gasteiger partial charge in [0.05, 0.1) is 18.8 Å². The molecule has 3 N–H and O–H groups in total. The van der Waals surface area contributed by atoms with E-state index in [4.69, 9.17) is 20.0 Å². The summed E-state index contributed by atoms with van der Waals surface area (Å²) in [6, 6.07) is 8.63. The summed E-state index contributed by atoms with van der Waals surface area (Å²) in [6.45, 7) is 1.69. The SMILES string of the molecule is Nc1cccc2c1N(Cc1ccc(C(=O)O)o1)CCO2. The number of hydrogen-bond donors (Lipinski definition) is 2. The predicted molar refractivity (Wildman–Crippen MR) is 73.1 cm³/mol. The summed E-state index contributed by atoms with van der Waals surface area (Å²) in [4.78, 5) is 12.8. The molecule has 1 aromatic heterocycles. The monoisotopic (exact) mass is 274 g/mol. The van der Waals surface area contributed by atoms with Crippen molar-refractivity contribution in [2.24, 2.45) is 0 Å². The average molecular weight is 274 g/mol. The Hall–Kier alpha value is -2.63. The number of nitrogens with two attached hydrogens (primary N) is 1. The van der Waals surface area contributed by atoms with E-state index in [9.17, 15) is 4.79 Å². The number of carboxylic acid groups (broad SMARTS) is 1. The van der Waals surface area contributed by atoms with E-state index in [0.717, 1.165) is 11.4 Å². The van der Waals surface area contributed by atoms with E-state index in [-0.39, 0.29) is 5.76 Å². The molecule has 0 atom stereocenters. The van der Waals surface area contributed by atoms with Gasteiger partial charge in [-0.05, 0) is 24.3 Å². The molecule has 6 nitrogen and oxygen atoms in total. The molecular formula is C14H14N2O4. The smallest absolute Gasteiger partial charge is 0.371 e. The lowest BCUT2D eigenvalue weighted by atomic mass is 10.2. The normalized spacial score (nSPS) is 13.7. The van der Waals surface area contributed by atoms with E-state index in [1.54, 1.807) is 6.07 Å². The summed E-state index contributed by atoms with van der Waals surface area (Å²) in [5, 5.41) is 8.86. The fraction of sp³-hybridized carbons (Fsp3) is 0.214. The molecule has 2 heterocycles. The molecule has 0 saturated carbocycles. The number of aromatic carboxylic acids is 1. The van der Waals surface area contributed by atoms with E-state index in [2.05, 4.69) is 0 Å². The fourth-order valence-electron chi connectivity index (χ4n) is 2.30. The van der Waals surface area contributed by atoms with Crippen LogP contribution in [0.4, 0.5) is 11.4 Å². The minimum Gasteiger partial charge on any atom is -0.489 e. The number of anilines is 2. The van der Waals surface area contributed by atoms with Gasteiger partial charge in [-0.1, -0.05) is 6.07 Å². The number of carboxylic acids is 1. The van der Waals surface area contributed by atoms with Crippen LogP contribution >= 0.6 is 0 Å². The second kappa shape index (κ2) is 4.80. The number of ether oxygens (including phenoxy) is 1. The molecule has 104 valence electrons. The Morgan fingerprint density at radius 2 is 2.20 bits per heavy atom. The Bertz CT molecular complexity index is 650. The van der Waals surface area contributed by atoms with Gasteiger partial charge < -0.3 is 24.9 Å². The minimum absolute atomic E-state index is 0.0606. The fourth-order valence-corrected chi connectivity index (χ4v) is 2.30. The molecule has 1 aliphatic heterocycles. The highest BCUT2D eigenvalue weighted by Crippen LogP contribution is 2.37. The van der Waals surface area contributed by atoms with Crippen LogP contribution < -0.4 is 15.4 Å². The lowest BCUT2D eigenvalue weighted by molar-refractivity contribution is 0.0660. The first-order valence-electron chi connectivity index (χ1n) is 6.23. The van der Waals surface area contributed by atoms with Crippen LogP contribution in [0.15, 0.2) is 34.7 Å². The third-order valence-electron chi connectivity index (χ3n) is 3.18. The van der Waals surface area contributed by atoms with Crippen LogP contribution in [0.1, 0.15) is 16.3 Å². The number of carbonyl (C=O) groups is 1. The maximum Gasteiger partial charge on any atom is 0.371 e. The van der Waals surface area contributed by atoms with Gasteiger partial charge in [0.25, 0.3) is 0 Å². The summed E-state index contributed by atoms with van der Waals surface area (Å²) in [5.74, 6) is 0.187. The van der Waals surface area contributed by atoms with Crippen LogP contribution in [0.5, 0.6) is 5.75 Å². The maximum absolute atomic E-state index is 10.8. The second-order valence-electron chi connectivity index (χ2n) is 4.54. The Kier molecular flexibility index (Phi) is 2.98. The van der Waals surface area contributed by atoms with E-state index in [1.807, 2.05) is 23.1 Å².